The van der Waals surface area contributed by atoms with Crippen molar-refractivity contribution in [2.75, 3.05) is 0 Å². The summed E-state index contributed by atoms with van der Waals surface area (Å²) in [6, 6.07) is 1.80. The second-order valence-electron chi connectivity index (χ2n) is 2.81. The number of aromatic nitrogens is 4. The zero-order chi connectivity index (χ0) is 9.97. The number of aromatic amines is 1. The first kappa shape index (κ1) is 9.15. The van der Waals surface area contributed by atoms with E-state index < -0.39 is 0 Å². The molecule has 0 saturated heterocycles. The zero-order valence-electron chi connectivity index (χ0n) is 7.66. The second kappa shape index (κ2) is 3.75. The summed E-state index contributed by atoms with van der Waals surface area (Å²) >= 11 is 5.95. The summed E-state index contributed by atoms with van der Waals surface area (Å²) in [7, 11) is 0. The van der Waals surface area contributed by atoms with Crippen LogP contribution < -0.4 is 0 Å². The van der Waals surface area contributed by atoms with E-state index in [1.807, 2.05) is 6.92 Å². The molecule has 2 aromatic heterocycles. The van der Waals surface area contributed by atoms with Crippen LogP contribution in [0.3, 0.4) is 0 Å². The molecule has 0 aromatic carbocycles. The first-order valence-electron chi connectivity index (χ1n) is 4.32. The fourth-order valence-corrected chi connectivity index (χ4v) is 1.33. The van der Waals surface area contributed by atoms with Crippen molar-refractivity contribution in [2.24, 2.45) is 0 Å². The molecule has 0 radical (unpaired) electrons. The van der Waals surface area contributed by atoms with Gasteiger partial charge in [0.25, 0.3) is 0 Å². The fourth-order valence-electron chi connectivity index (χ4n) is 1.13. The van der Waals surface area contributed by atoms with Crippen LogP contribution in [0.1, 0.15) is 12.7 Å². The standard InChI is InChI=1S/C9H9ClN4/c1-2-8-12-9(14-13-8)6-3-4-11-5-7(6)10/h3-5H,2H2,1H3,(H,12,13,14). The van der Waals surface area contributed by atoms with Gasteiger partial charge in [0, 0.05) is 24.4 Å². The molecule has 0 aliphatic heterocycles. The predicted octanol–water partition coefficient (Wildman–Crippen LogP) is 2.08. The van der Waals surface area contributed by atoms with Gasteiger partial charge in [0.1, 0.15) is 5.82 Å². The summed E-state index contributed by atoms with van der Waals surface area (Å²) in [4.78, 5) is 8.18. The molecule has 2 rings (SSSR count). The van der Waals surface area contributed by atoms with Crippen molar-refractivity contribution in [1.82, 2.24) is 20.2 Å². The highest BCUT2D eigenvalue weighted by Crippen LogP contribution is 2.23. The van der Waals surface area contributed by atoms with Crippen LogP contribution in [-0.4, -0.2) is 20.2 Å². The first-order chi connectivity index (χ1) is 6.81. The van der Waals surface area contributed by atoms with Gasteiger partial charge in [0.15, 0.2) is 5.82 Å². The Kier molecular flexibility index (Phi) is 2.45. The Bertz CT molecular complexity index is 438. The van der Waals surface area contributed by atoms with E-state index in [4.69, 9.17) is 11.6 Å². The van der Waals surface area contributed by atoms with Crippen molar-refractivity contribution in [1.29, 1.82) is 0 Å². The van der Waals surface area contributed by atoms with E-state index in [1.165, 1.54) is 0 Å². The van der Waals surface area contributed by atoms with Crippen molar-refractivity contribution in [3.63, 3.8) is 0 Å². The summed E-state index contributed by atoms with van der Waals surface area (Å²) in [5.74, 6) is 1.47. The number of aryl methyl sites for hydroxylation is 1. The number of hydrogen-bond acceptors (Lipinski definition) is 3. The predicted molar refractivity (Wildman–Crippen MR) is 54.0 cm³/mol. The average Bonchev–Trinajstić information content (AvgIpc) is 2.67. The van der Waals surface area contributed by atoms with Gasteiger partial charge in [-0.1, -0.05) is 18.5 Å². The quantitative estimate of drug-likeness (QED) is 0.822. The van der Waals surface area contributed by atoms with Crippen molar-refractivity contribution in [2.45, 2.75) is 13.3 Å². The Labute approximate surface area is 86.4 Å². The van der Waals surface area contributed by atoms with E-state index in [0.29, 0.717) is 10.8 Å². The van der Waals surface area contributed by atoms with Gasteiger partial charge < -0.3 is 0 Å². The van der Waals surface area contributed by atoms with E-state index in [1.54, 1.807) is 18.5 Å². The van der Waals surface area contributed by atoms with Crippen LogP contribution >= 0.6 is 11.6 Å². The number of nitrogens with one attached hydrogen (secondary N) is 1. The van der Waals surface area contributed by atoms with Gasteiger partial charge in [-0.3, -0.25) is 10.1 Å². The van der Waals surface area contributed by atoms with Crippen LogP contribution in [0.2, 0.25) is 5.02 Å². The normalized spacial score (nSPS) is 10.4. The molecule has 5 heteroatoms. The zero-order valence-corrected chi connectivity index (χ0v) is 8.41. The fraction of sp³-hybridized carbons (Fsp3) is 0.222. The molecule has 14 heavy (non-hydrogen) atoms. The number of hydrogen-bond donors (Lipinski definition) is 1. The van der Waals surface area contributed by atoms with Crippen LogP contribution in [0.25, 0.3) is 11.4 Å². The summed E-state index contributed by atoms with van der Waals surface area (Å²) in [5.41, 5.74) is 0.803. The minimum Gasteiger partial charge on any atom is -0.263 e. The van der Waals surface area contributed by atoms with Crippen LogP contribution in [0.5, 0.6) is 0 Å². The molecule has 1 N–H and O–H groups in total. The number of pyridine rings is 1. The Morgan fingerprint density at radius 2 is 2.36 bits per heavy atom. The third-order valence-electron chi connectivity index (χ3n) is 1.88. The maximum absolute atomic E-state index is 5.95. The lowest BCUT2D eigenvalue weighted by Gasteiger charge is -1.95. The third-order valence-corrected chi connectivity index (χ3v) is 2.18. The van der Waals surface area contributed by atoms with E-state index in [0.717, 1.165) is 17.8 Å². The van der Waals surface area contributed by atoms with Crippen LogP contribution in [0, 0.1) is 0 Å². The van der Waals surface area contributed by atoms with Crippen LogP contribution in [0.4, 0.5) is 0 Å². The molecule has 0 unspecified atom stereocenters. The molecule has 0 atom stereocenters. The smallest absolute Gasteiger partial charge is 0.182 e. The van der Waals surface area contributed by atoms with Gasteiger partial charge >= 0.3 is 0 Å². The molecule has 2 heterocycles. The van der Waals surface area contributed by atoms with Gasteiger partial charge in [-0.2, -0.15) is 5.10 Å². The highest BCUT2D eigenvalue weighted by molar-refractivity contribution is 6.33. The van der Waals surface area contributed by atoms with Crippen LogP contribution in [0.15, 0.2) is 18.5 Å². The van der Waals surface area contributed by atoms with Gasteiger partial charge in [-0.15, -0.1) is 0 Å². The minimum atomic E-state index is 0.564. The lowest BCUT2D eigenvalue weighted by molar-refractivity contribution is 0.946. The Balaban J connectivity index is 2.44. The molecule has 0 aliphatic carbocycles. The summed E-state index contributed by atoms with van der Waals surface area (Å²) in [6.07, 6.45) is 4.08. The van der Waals surface area contributed by atoms with Crippen LogP contribution in [-0.2, 0) is 6.42 Å². The van der Waals surface area contributed by atoms with E-state index in [2.05, 4.69) is 20.2 Å². The molecule has 72 valence electrons. The SMILES string of the molecule is CCc1nc(-c2ccncc2Cl)n[nH]1. The topological polar surface area (TPSA) is 54.5 Å². The van der Waals surface area contributed by atoms with Crippen molar-refractivity contribution in [3.05, 3.63) is 29.3 Å². The monoisotopic (exact) mass is 208 g/mol. The van der Waals surface area contributed by atoms with Gasteiger partial charge in [-0.05, 0) is 6.07 Å². The molecule has 0 aliphatic rings. The summed E-state index contributed by atoms with van der Waals surface area (Å²) < 4.78 is 0. The van der Waals surface area contributed by atoms with Gasteiger partial charge in [0.2, 0.25) is 0 Å². The Morgan fingerprint density at radius 1 is 1.50 bits per heavy atom. The maximum Gasteiger partial charge on any atom is 0.182 e. The van der Waals surface area contributed by atoms with Gasteiger partial charge in [0.05, 0.1) is 5.02 Å². The van der Waals surface area contributed by atoms with E-state index >= 15 is 0 Å². The summed E-state index contributed by atoms with van der Waals surface area (Å²) in [6.45, 7) is 2.01. The lowest BCUT2D eigenvalue weighted by atomic mass is 10.2. The van der Waals surface area contributed by atoms with E-state index in [-0.39, 0.29) is 0 Å². The van der Waals surface area contributed by atoms with E-state index in [9.17, 15) is 0 Å². The third kappa shape index (κ3) is 1.61. The molecule has 0 bridgehead atoms. The second-order valence-corrected chi connectivity index (χ2v) is 3.22. The molecule has 0 saturated carbocycles. The minimum absolute atomic E-state index is 0.564. The molecule has 0 amide bonds. The molecule has 0 spiro atoms. The highest BCUT2D eigenvalue weighted by atomic mass is 35.5. The summed E-state index contributed by atoms with van der Waals surface area (Å²) in [5, 5.41) is 7.47. The number of H-pyrrole nitrogens is 1. The largest absolute Gasteiger partial charge is 0.263 e. The molecular weight excluding hydrogens is 200 g/mol. The molecule has 0 fully saturated rings. The molecule has 4 nitrogen and oxygen atoms in total. The first-order valence-corrected chi connectivity index (χ1v) is 4.70. The number of rotatable bonds is 2. The molecule has 2 aromatic rings. The average molecular weight is 209 g/mol. The Hall–Kier alpha value is -1.42. The highest BCUT2D eigenvalue weighted by Gasteiger charge is 2.07. The number of nitrogens with zero attached hydrogens (tertiary/aromatic N) is 3. The molecular formula is C9H9ClN4. The lowest BCUT2D eigenvalue weighted by Crippen LogP contribution is -1.84. The van der Waals surface area contributed by atoms with Crippen molar-refractivity contribution in [3.8, 4) is 11.4 Å². The van der Waals surface area contributed by atoms with Gasteiger partial charge in [-0.25, -0.2) is 4.98 Å². The van der Waals surface area contributed by atoms with Crippen molar-refractivity contribution < 1.29 is 0 Å². The van der Waals surface area contributed by atoms with Crippen molar-refractivity contribution >= 4 is 11.6 Å². The number of halogens is 1. The Morgan fingerprint density at radius 3 is 3.00 bits per heavy atom. The maximum atomic E-state index is 5.95.